The standard InChI is InChI=1S/C22H25N5O3/c1-15-3-4-17(10-23-15)21-19(16(2)30-25-21)12-27-20(28)9-18(11-24-27)26-7-5-22(6-8-26)13-29-14-22/h3-4,9-11H,5-8,12-14H2,1-2H3. The molecule has 2 fully saturated rings. The van der Waals surface area contributed by atoms with Crippen molar-refractivity contribution in [3.63, 3.8) is 0 Å². The van der Waals surface area contributed by atoms with Crippen LogP contribution >= 0.6 is 0 Å². The molecule has 0 aliphatic carbocycles. The van der Waals surface area contributed by atoms with Crippen molar-refractivity contribution in [2.75, 3.05) is 31.2 Å². The molecular weight excluding hydrogens is 382 g/mol. The van der Waals surface area contributed by atoms with Crippen LogP contribution in [0.3, 0.4) is 0 Å². The molecule has 5 rings (SSSR count). The summed E-state index contributed by atoms with van der Waals surface area (Å²) in [5, 5.41) is 8.62. The lowest BCUT2D eigenvalue weighted by Gasteiger charge is -2.47. The van der Waals surface area contributed by atoms with E-state index in [1.807, 2.05) is 26.0 Å². The summed E-state index contributed by atoms with van der Waals surface area (Å²) in [6, 6.07) is 5.57. The van der Waals surface area contributed by atoms with E-state index >= 15 is 0 Å². The molecule has 2 saturated heterocycles. The number of nitrogens with zero attached hydrogens (tertiary/aromatic N) is 5. The topological polar surface area (TPSA) is 86.3 Å². The van der Waals surface area contributed by atoms with Crippen LogP contribution in [0.2, 0.25) is 0 Å². The zero-order valence-electron chi connectivity index (χ0n) is 17.3. The van der Waals surface area contributed by atoms with Gasteiger partial charge in [0.1, 0.15) is 11.5 Å². The highest BCUT2D eigenvalue weighted by molar-refractivity contribution is 5.62. The lowest BCUT2D eigenvalue weighted by molar-refractivity contribution is -0.124. The molecule has 2 aliphatic rings. The summed E-state index contributed by atoms with van der Waals surface area (Å²) < 4.78 is 12.3. The predicted molar refractivity (Wildman–Crippen MR) is 112 cm³/mol. The molecule has 0 atom stereocenters. The van der Waals surface area contributed by atoms with Gasteiger partial charge in [-0.15, -0.1) is 0 Å². The smallest absolute Gasteiger partial charge is 0.269 e. The summed E-state index contributed by atoms with van der Waals surface area (Å²) in [4.78, 5) is 19.4. The molecule has 1 spiro atoms. The van der Waals surface area contributed by atoms with Gasteiger partial charge in [-0.25, -0.2) is 4.68 Å². The van der Waals surface area contributed by atoms with Crippen molar-refractivity contribution in [1.82, 2.24) is 19.9 Å². The van der Waals surface area contributed by atoms with E-state index in [0.29, 0.717) is 23.4 Å². The van der Waals surface area contributed by atoms with Crippen LogP contribution < -0.4 is 10.5 Å². The molecule has 0 bridgehead atoms. The van der Waals surface area contributed by atoms with Gasteiger partial charge in [-0.05, 0) is 38.8 Å². The maximum atomic E-state index is 12.8. The van der Waals surface area contributed by atoms with Gasteiger partial charge >= 0.3 is 0 Å². The van der Waals surface area contributed by atoms with Crippen LogP contribution in [0.15, 0.2) is 39.9 Å². The molecule has 3 aromatic heterocycles. The molecule has 0 N–H and O–H groups in total. The van der Waals surface area contributed by atoms with E-state index in [0.717, 1.165) is 61.7 Å². The van der Waals surface area contributed by atoms with Gasteiger partial charge in [0.25, 0.3) is 5.56 Å². The molecule has 30 heavy (non-hydrogen) atoms. The fraction of sp³-hybridized carbons (Fsp3) is 0.455. The highest BCUT2D eigenvalue weighted by Crippen LogP contribution is 2.39. The first-order valence-electron chi connectivity index (χ1n) is 10.3. The van der Waals surface area contributed by atoms with Gasteiger partial charge in [0.15, 0.2) is 0 Å². The Balaban J connectivity index is 1.36. The number of anilines is 1. The Morgan fingerprint density at radius 1 is 1.13 bits per heavy atom. The first kappa shape index (κ1) is 19.0. The minimum Gasteiger partial charge on any atom is -0.380 e. The van der Waals surface area contributed by atoms with Gasteiger partial charge in [0.2, 0.25) is 0 Å². The van der Waals surface area contributed by atoms with Crippen LogP contribution in [0.25, 0.3) is 11.3 Å². The molecule has 0 amide bonds. The Kier molecular flexibility index (Phi) is 4.66. The molecule has 5 heterocycles. The van der Waals surface area contributed by atoms with E-state index in [1.165, 1.54) is 4.68 Å². The summed E-state index contributed by atoms with van der Waals surface area (Å²) >= 11 is 0. The molecule has 0 saturated carbocycles. The number of hydrogen-bond donors (Lipinski definition) is 0. The number of aryl methyl sites for hydroxylation is 2. The maximum Gasteiger partial charge on any atom is 0.269 e. The van der Waals surface area contributed by atoms with Crippen LogP contribution in [0, 0.1) is 19.3 Å². The summed E-state index contributed by atoms with van der Waals surface area (Å²) in [6.07, 6.45) is 5.76. The second kappa shape index (κ2) is 7.36. The number of ether oxygens (including phenoxy) is 1. The van der Waals surface area contributed by atoms with Crippen LogP contribution in [0.5, 0.6) is 0 Å². The van der Waals surface area contributed by atoms with Gasteiger partial charge in [-0.3, -0.25) is 9.78 Å². The van der Waals surface area contributed by atoms with Gasteiger partial charge < -0.3 is 14.2 Å². The minimum absolute atomic E-state index is 0.131. The lowest BCUT2D eigenvalue weighted by Crippen LogP contribution is -2.51. The number of pyridine rings is 1. The maximum absolute atomic E-state index is 12.8. The third-order valence-electron chi connectivity index (χ3n) is 6.34. The lowest BCUT2D eigenvalue weighted by atomic mass is 9.77. The minimum atomic E-state index is -0.131. The average molecular weight is 407 g/mol. The predicted octanol–water partition coefficient (Wildman–Crippen LogP) is 2.58. The highest BCUT2D eigenvalue weighted by atomic mass is 16.5. The van der Waals surface area contributed by atoms with Crippen LogP contribution in [-0.4, -0.2) is 46.2 Å². The van der Waals surface area contributed by atoms with E-state index < -0.39 is 0 Å². The number of hydrogen-bond acceptors (Lipinski definition) is 7. The quantitative estimate of drug-likeness (QED) is 0.657. The zero-order valence-corrected chi connectivity index (χ0v) is 17.3. The molecule has 2 aliphatic heterocycles. The molecule has 8 nitrogen and oxygen atoms in total. The second-order valence-corrected chi connectivity index (χ2v) is 8.44. The molecular formula is C22H25N5O3. The van der Waals surface area contributed by atoms with Crippen molar-refractivity contribution in [3.8, 4) is 11.3 Å². The first-order valence-corrected chi connectivity index (χ1v) is 10.3. The summed E-state index contributed by atoms with van der Waals surface area (Å²) in [5.41, 5.74) is 4.45. The number of rotatable bonds is 4. The summed E-state index contributed by atoms with van der Waals surface area (Å²) in [7, 11) is 0. The van der Waals surface area contributed by atoms with E-state index in [9.17, 15) is 4.79 Å². The Labute approximate surface area is 174 Å². The van der Waals surface area contributed by atoms with Gasteiger partial charge in [0, 0.05) is 47.6 Å². The Bertz CT molecular complexity index is 1100. The largest absolute Gasteiger partial charge is 0.380 e. The molecule has 0 unspecified atom stereocenters. The highest BCUT2D eigenvalue weighted by Gasteiger charge is 2.41. The van der Waals surface area contributed by atoms with Crippen molar-refractivity contribution in [2.24, 2.45) is 5.41 Å². The third-order valence-corrected chi connectivity index (χ3v) is 6.34. The third kappa shape index (κ3) is 3.41. The Morgan fingerprint density at radius 3 is 2.57 bits per heavy atom. The van der Waals surface area contributed by atoms with Crippen molar-refractivity contribution in [3.05, 3.63) is 58.0 Å². The summed E-state index contributed by atoms with van der Waals surface area (Å²) in [5.74, 6) is 0.674. The molecule has 0 aromatic carbocycles. The van der Waals surface area contributed by atoms with Gasteiger partial charge in [0.05, 0.1) is 31.6 Å². The average Bonchev–Trinajstić information content (AvgIpc) is 3.09. The van der Waals surface area contributed by atoms with Crippen LogP contribution in [0.1, 0.15) is 29.9 Å². The molecule has 156 valence electrons. The molecule has 3 aromatic rings. The fourth-order valence-electron chi connectivity index (χ4n) is 4.20. The SMILES string of the molecule is Cc1ccc(-c2noc(C)c2Cn2ncc(N3CCC4(CC3)COC4)cc2=O)cn1. The number of aromatic nitrogens is 4. The van der Waals surface area contributed by atoms with E-state index in [-0.39, 0.29) is 5.56 Å². The monoisotopic (exact) mass is 407 g/mol. The van der Waals surface area contributed by atoms with E-state index in [2.05, 4.69) is 20.1 Å². The Morgan fingerprint density at radius 2 is 1.93 bits per heavy atom. The second-order valence-electron chi connectivity index (χ2n) is 8.44. The van der Waals surface area contributed by atoms with E-state index in [1.54, 1.807) is 18.5 Å². The normalized spacial score (nSPS) is 17.9. The summed E-state index contributed by atoms with van der Waals surface area (Å²) in [6.45, 7) is 7.70. The molecule has 8 heteroatoms. The van der Waals surface area contributed by atoms with Crippen LogP contribution in [0.4, 0.5) is 5.69 Å². The van der Waals surface area contributed by atoms with Crippen molar-refractivity contribution in [2.45, 2.75) is 33.2 Å². The zero-order chi connectivity index (χ0) is 20.7. The fourth-order valence-corrected chi connectivity index (χ4v) is 4.20. The van der Waals surface area contributed by atoms with E-state index in [4.69, 9.17) is 9.26 Å². The first-order chi connectivity index (χ1) is 14.5. The van der Waals surface area contributed by atoms with Gasteiger partial charge in [-0.1, -0.05) is 5.16 Å². The van der Waals surface area contributed by atoms with Crippen molar-refractivity contribution >= 4 is 5.69 Å². The van der Waals surface area contributed by atoms with Crippen LogP contribution in [-0.2, 0) is 11.3 Å². The number of piperidine rings is 1. The van der Waals surface area contributed by atoms with Crippen molar-refractivity contribution in [1.29, 1.82) is 0 Å². The molecule has 0 radical (unpaired) electrons. The van der Waals surface area contributed by atoms with Crippen molar-refractivity contribution < 1.29 is 9.26 Å². The Hall–Kier alpha value is -3.00. The van der Waals surface area contributed by atoms with Gasteiger partial charge in [-0.2, -0.15) is 5.10 Å².